The molecule has 0 radical (unpaired) electrons. The van der Waals surface area contributed by atoms with Crippen molar-refractivity contribution < 1.29 is 4.79 Å². The molecule has 0 heterocycles. The average Bonchev–Trinajstić information content (AvgIpc) is 2.74. The van der Waals surface area contributed by atoms with Crippen LogP contribution in [0.1, 0.15) is 80.1 Å². The van der Waals surface area contributed by atoms with E-state index in [0.717, 1.165) is 17.4 Å². The van der Waals surface area contributed by atoms with Gasteiger partial charge in [0, 0.05) is 5.56 Å². The Morgan fingerprint density at radius 3 is 2.07 bits per heavy atom. The van der Waals surface area contributed by atoms with Crippen LogP contribution >= 0.6 is 0 Å². The molecule has 27 heavy (non-hydrogen) atoms. The normalized spacial score (nSPS) is 19.6. The third-order valence-electron chi connectivity index (χ3n) is 6.13. The van der Waals surface area contributed by atoms with Crippen LogP contribution in [0, 0.1) is 5.92 Å². The van der Waals surface area contributed by atoms with Crippen molar-refractivity contribution in [1.29, 1.82) is 0 Å². The van der Waals surface area contributed by atoms with E-state index in [-0.39, 0.29) is 5.78 Å². The van der Waals surface area contributed by atoms with Gasteiger partial charge in [0.2, 0.25) is 0 Å². The fourth-order valence-electron chi connectivity index (χ4n) is 4.36. The molecule has 3 rings (SSSR count). The molecule has 0 aliphatic heterocycles. The van der Waals surface area contributed by atoms with Crippen molar-refractivity contribution in [3.05, 3.63) is 72.3 Å². The van der Waals surface area contributed by atoms with Gasteiger partial charge in [-0.3, -0.25) is 4.79 Å². The summed E-state index contributed by atoms with van der Waals surface area (Å²) in [6.07, 6.45) is 12.4. The predicted molar refractivity (Wildman–Crippen MR) is 115 cm³/mol. The van der Waals surface area contributed by atoms with E-state index in [1.165, 1.54) is 68.6 Å². The van der Waals surface area contributed by atoms with Crippen LogP contribution < -0.4 is 0 Å². The molecule has 1 fully saturated rings. The predicted octanol–water partition coefficient (Wildman–Crippen LogP) is 7.58. The van der Waals surface area contributed by atoms with Crippen molar-refractivity contribution in [3.8, 4) is 11.1 Å². The first-order valence-electron chi connectivity index (χ1n) is 10.6. The summed E-state index contributed by atoms with van der Waals surface area (Å²) < 4.78 is 0. The molecule has 0 spiro atoms. The number of rotatable bonds is 8. The van der Waals surface area contributed by atoms with Crippen LogP contribution in [0.15, 0.2) is 61.2 Å². The van der Waals surface area contributed by atoms with Crippen LogP contribution in [-0.2, 0) is 0 Å². The number of unbranched alkanes of at least 4 members (excludes halogenated alkanes) is 2. The second kappa shape index (κ2) is 9.69. The number of benzene rings is 2. The first-order chi connectivity index (χ1) is 13.2. The van der Waals surface area contributed by atoms with E-state index in [4.69, 9.17) is 0 Å². The van der Waals surface area contributed by atoms with Crippen molar-refractivity contribution >= 4 is 5.78 Å². The second-order valence-electron chi connectivity index (χ2n) is 7.98. The van der Waals surface area contributed by atoms with Gasteiger partial charge in [-0.15, -0.1) is 0 Å². The molecule has 1 aliphatic carbocycles. The Kier molecular flexibility index (Phi) is 7.04. The van der Waals surface area contributed by atoms with Gasteiger partial charge in [0.15, 0.2) is 5.78 Å². The van der Waals surface area contributed by atoms with Crippen LogP contribution in [-0.4, -0.2) is 5.78 Å². The third kappa shape index (κ3) is 5.19. The lowest BCUT2D eigenvalue weighted by molar-refractivity contribution is 0.104. The van der Waals surface area contributed by atoms with E-state index in [1.807, 2.05) is 24.3 Å². The molecule has 0 N–H and O–H groups in total. The van der Waals surface area contributed by atoms with Gasteiger partial charge in [-0.2, -0.15) is 0 Å². The van der Waals surface area contributed by atoms with Crippen LogP contribution in [0.4, 0.5) is 0 Å². The van der Waals surface area contributed by atoms with Gasteiger partial charge < -0.3 is 0 Å². The summed E-state index contributed by atoms with van der Waals surface area (Å²) in [7, 11) is 0. The highest BCUT2D eigenvalue weighted by Crippen LogP contribution is 2.38. The molecule has 0 saturated heterocycles. The molecule has 2 aromatic rings. The highest BCUT2D eigenvalue weighted by molar-refractivity contribution is 6.04. The molecule has 1 nitrogen and oxygen atoms in total. The molecule has 0 bridgehead atoms. The molecule has 1 heteroatoms. The van der Waals surface area contributed by atoms with Crippen LogP contribution in [0.25, 0.3) is 11.1 Å². The summed E-state index contributed by atoms with van der Waals surface area (Å²) in [6, 6.07) is 16.9. The monoisotopic (exact) mass is 360 g/mol. The number of carbonyl (C=O) groups is 1. The molecule has 142 valence electrons. The summed E-state index contributed by atoms with van der Waals surface area (Å²) >= 11 is 0. The smallest absolute Gasteiger partial charge is 0.185 e. The van der Waals surface area contributed by atoms with Gasteiger partial charge in [-0.25, -0.2) is 0 Å². The third-order valence-corrected chi connectivity index (χ3v) is 6.13. The Labute approximate surface area is 164 Å². The Hall–Kier alpha value is -2.15. The molecule has 0 aromatic heterocycles. The standard InChI is InChI=1S/C26H32O/c1-3-5-6-7-20-8-10-21(11-9-20)22-12-14-23(15-13-22)24-16-18-25(19-17-24)26(27)4-2/h4,12-21H,2-3,5-11H2,1H3. The zero-order valence-electron chi connectivity index (χ0n) is 16.6. The van der Waals surface area contributed by atoms with Crippen LogP contribution in [0.2, 0.25) is 0 Å². The summed E-state index contributed by atoms with van der Waals surface area (Å²) in [6.45, 7) is 5.83. The summed E-state index contributed by atoms with van der Waals surface area (Å²) in [5, 5.41) is 0. The minimum atomic E-state index is -0.0257. The maximum absolute atomic E-state index is 11.7. The first-order valence-corrected chi connectivity index (χ1v) is 10.6. The molecule has 0 unspecified atom stereocenters. The van der Waals surface area contributed by atoms with E-state index in [1.54, 1.807) is 0 Å². The maximum Gasteiger partial charge on any atom is 0.185 e. The first kappa shape index (κ1) is 19.6. The van der Waals surface area contributed by atoms with Gasteiger partial charge in [0.05, 0.1) is 0 Å². The van der Waals surface area contributed by atoms with Gasteiger partial charge in [0.1, 0.15) is 0 Å². The fourth-order valence-corrected chi connectivity index (χ4v) is 4.36. The summed E-state index contributed by atoms with van der Waals surface area (Å²) in [5.41, 5.74) is 4.55. The number of carbonyl (C=O) groups excluding carboxylic acids is 1. The van der Waals surface area contributed by atoms with E-state index < -0.39 is 0 Å². The maximum atomic E-state index is 11.7. The SMILES string of the molecule is C=CC(=O)c1ccc(-c2ccc(C3CCC(CCCCC)CC3)cc2)cc1. The van der Waals surface area contributed by atoms with E-state index in [2.05, 4.69) is 37.8 Å². The second-order valence-corrected chi connectivity index (χ2v) is 7.98. The number of hydrogen-bond donors (Lipinski definition) is 0. The Morgan fingerprint density at radius 1 is 0.926 bits per heavy atom. The molecule has 2 aromatic carbocycles. The largest absolute Gasteiger partial charge is 0.289 e. The molecule has 0 amide bonds. The minimum Gasteiger partial charge on any atom is -0.289 e. The van der Waals surface area contributed by atoms with Crippen molar-refractivity contribution in [2.45, 2.75) is 64.2 Å². The van der Waals surface area contributed by atoms with Crippen molar-refractivity contribution in [2.75, 3.05) is 0 Å². The van der Waals surface area contributed by atoms with Crippen molar-refractivity contribution in [3.63, 3.8) is 0 Å². The lowest BCUT2D eigenvalue weighted by atomic mass is 9.77. The molecule has 1 aliphatic rings. The molecule has 0 atom stereocenters. The minimum absolute atomic E-state index is 0.0257. The molecular weight excluding hydrogens is 328 g/mol. The zero-order valence-corrected chi connectivity index (χ0v) is 16.6. The topological polar surface area (TPSA) is 17.1 Å². The van der Waals surface area contributed by atoms with Crippen LogP contribution in [0.5, 0.6) is 0 Å². The molecule has 1 saturated carbocycles. The van der Waals surface area contributed by atoms with Gasteiger partial charge in [-0.1, -0.05) is 87.7 Å². The number of ketones is 1. The van der Waals surface area contributed by atoms with E-state index in [0.29, 0.717) is 5.56 Å². The Morgan fingerprint density at radius 2 is 1.52 bits per heavy atom. The summed E-state index contributed by atoms with van der Waals surface area (Å²) in [4.78, 5) is 11.7. The number of hydrogen-bond acceptors (Lipinski definition) is 1. The summed E-state index contributed by atoms with van der Waals surface area (Å²) in [5.74, 6) is 1.67. The average molecular weight is 361 g/mol. The Bertz CT molecular complexity index is 731. The number of allylic oxidation sites excluding steroid dienone is 1. The fraction of sp³-hybridized carbons (Fsp3) is 0.423. The Balaban J connectivity index is 1.58. The van der Waals surface area contributed by atoms with Crippen LogP contribution in [0.3, 0.4) is 0 Å². The lowest BCUT2D eigenvalue weighted by Crippen LogP contribution is -2.13. The quantitative estimate of drug-likeness (QED) is 0.269. The van der Waals surface area contributed by atoms with E-state index in [9.17, 15) is 4.79 Å². The van der Waals surface area contributed by atoms with Crippen molar-refractivity contribution in [2.24, 2.45) is 5.92 Å². The van der Waals surface area contributed by atoms with Gasteiger partial charge >= 0.3 is 0 Å². The van der Waals surface area contributed by atoms with Crippen molar-refractivity contribution in [1.82, 2.24) is 0 Å². The highest BCUT2D eigenvalue weighted by atomic mass is 16.1. The lowest BCUT2D eigenvalue weighted by Gasteiger charge is -2.29. The van der Waals surface area contributed by atoms with Gasteiger partial charge in [-0.05, 0) is 60.3 Å². The highest BCUT2D eigenvalue weighted by Gasteiger charge is 2.22. The zero-order chi connectivity index (χ0) is 19.1. The molecular formula is C26H32O. The van der Waals surface area contributed by atoms with Gasteiger partial charge in [0.25, 0.3) is 0 Å². The van der Waals surface area contributed by atoms with E-state index >= 15 is 0 Å².